The van der Waals surface area contributed by atoms with Crippen molar-refractivity contribution in [3.05, 3.63) is 57.8 Å². The van der Waals surface area contributed by atoms with Crippen LogP contribution in [-0.2, 0) is 16.0 Å². The lowest BCUT2D eigenvalue weighted by Gasteiger charge is -2.27. The fourth-order valence-electron chi connectivity index (χ4n) is 2.98. The number of hydrogen-bond donors (Lipinski definition) is 2. The van der Waals surface area contributed by atoms with E-state index < -0.39 is 6.04 Å². The first-order valence-electron chi connectivity index (χ1n) is 9.03. The number of H-pyrrole nitrogens is 1. The summed E-state index contributed by atoms with van der Waals surface area (Å²) in [7, 11) is 0. The second kappa shape index (κ2) is 8.77. The number of halogens is 1. The predicted molar refractivity (Wildman–Crippen MR) is 99.2 cm³/mol. The van der Waals surface area contributed by atoms with Crippen LogP contribution in [0.4, 0.5) is 10.3 Å². The number of aromatic nitrogens is 2. The van der Waals surface area contributed by atoms with Gasteiger partial charge in [-0.3, -0.25) is 14.6 Å². The Morgan fingerprint density at radius 3 is 2.70 bits per heavy atom. The number of morpholine rings is 1. The van der Waals surface area contributed by atoms with E-state index in [1.807, 2.05) is 4.90 Å². The van der Waals surface area contributed by atoms with E-state index in [2.05, 4.69) is 15.3 Å². The summed E-state index contributed by atoms with van der Waals surface area (Å²) in [4.78, 5) is 33.3. The maximum absolute atomic E-state index is 13.3. The molecule has 144 valence electrons. The lowest BCUT2D eigenvalue weighted by Crippen LogP contribution is -2.38. The molecule has 2 aromatic rings. The van der Waals surface area contributed by atoms with E-state index >= 15 is 0 Å². The first-order valence-corrected chi connectivity index (χ1v) is 9.03. The molecule has 2 N–H and O–H groups in total. The van der Waals surface area contributed by atoms with E-state index in [-0.39, 0.29) is 17.3 Å². The van der Waals surface area contributed by atoms with Gasteiger partial charge in [0.15, 0.2) is 0 Å². The standard InChI is InChI=1S/C19H23FN4O3/c1-2-17(25)22-16(13-3-5-14(20)6-4-13)11-15-12-18(26)23-19(21-15)24-7-9-27-10-8-24/h3-6,12,16H,2,7-11H2,1H3,(H,22,25)(H,21,23,26)/t16-/m1/s1. The van der Waals surface area contributed by atoms with Crippen LogP contribution >= 0.6 is 0 Å². The highest BCUT2D eigenvalue weighted by molar-refractivity contribution is 5.76. The minimum absolute atomic E-state index is 0.123. The Morgan fingerprint density at radius 1 is 1.33 bits per heavy atom. The zero-order valence-electron chi connectivity index (χ0n) is 15.2. The van der Waals surface area contributed by atoms with Gasteiger partial charge >= 0.3 is 0 Å². The minimum Gasteiger partial charge on any atom is -0.378 e. The SMILES string of the molecule is CCC(=O)N[C@H](Cc1cc(=O)[nH]c(N2CCOCC2)n1)c1ccc(F)cc1. The van der Waals surface area contributed by atoms with Crippen molar-refractivity contribution in [3.63, 3.8) is 0 Å². The van der Waals surface area contributed by atoms with E-state index in [0.29, 0.717) is 50.8 Å². The van der Waals surface area contributed by atoms with Crippen LogP contribution in [0.15, 0.2) is 35.1 Å². The number of nitrogens with one attached hydrogen (secondary N) is 2. The molecule has 1 aromatic carbocycles. The van der Waals surface area contributed by atoms with Gasteiger partial charge in [-0.2, -0.15) is 0 Å². The number of amides is 1. The van der Waals surface area contributed by atoms with Crippen LogP contribution in [0.1, 0.15) is 30.6 Å². The Morgan fingerprint density at radius 2 is 2.04 bits per heavy atom. The molecule has 3 rings (SSSR count). The molecule has 2 heterocycles. The van der Waals surface area contributed by atoms with Crippen LogP contribution in [0.2, 0.25) is 0 Å². The summed E-state index contributed by atoms with van der Waals surface area (Å²) in [5.74, 6) is 0.0336. The average Bonchev–Trinajstić information content (AvgIpc) is 2.68. The Bertz CT molecular complexity index is 832. The lowest BCUT2D eigenvalue weighted by molar-refractivity contribution is -0.121. The highest BCUT2D eigenvalue weighted by Gasteiger charge is 2.18. The molecule has 1 aliphatic rings. The van der Waals surface area contributed by atoms with Gasteiger partial charge < -0.3 is 15.0 Å². The molecule has 0 spiro atoms. The molecule has 1 atom stereocenters. The number of rotatable bonds is 6. The van der Waals surface area contributed by atoms with Crippen molar-refractivity contribution < 1.29 is 13.9 Å². The van der Waals surface area contributed by atoms with E-state index in [9.17, 15) is 14.0 Å². The molecule has 1 amide bonds. The molecular weight excluding hydrogens is 351 g/mol. The Hall–Kier alpha value is -2.74. The number of aromatic amines is 1. The summed E-state index contributed by atoms with van der Waals surface area (Å²) in [5.41, 5.74) is 1.07. The third kappa shape index (κ3) is 5.13. The molecule has 27 heavy (non-hydrogen) atoms. The van der Waals surface area contributed by atoms with Crippen LogP contribution < -0.4 is 15.8 Å². The fourth-order valence-corrected chi connectivity index (χ4v) is 2.98. The third-order valence-electron chi connectivity index (χ3n) is 4.43. The molecule has 0 unspecified atom stereocenters. The zero-order valence-corrected chi connectivity index (χ0v) is 15.2. The van der Waals surface area contributed by atoms with Crippen LogP contribution in [0.3, 0.4) is 0 Å². The summed E-state index contributed by atoms with van der Waals surface area (Å²) in [6.45, 7) is 4.23. The van der Waals surface area contributed by atoms with Gasteiger partial charge in [-0.05, 0) is 17.7 Å². The molecule has 1 aromatic heterocycles. The van der Waals surface area contributed by atoms with Gasteiger partial charge in [-0.15, -0.1) is 0 Å². The summed E-state index contributed by atoms with van der Waals surface area (Å²) < 4.78 is 18.6. The van der Waals surface area contributed by atoms with E-state index in [1.54, 1.807) is 19.1 Å². The fraction of sp³-hybridized carbons (Fsp3) is 0.421. The highest BCUT2D eigenvalue weighted by Crippen LogP contribution is 2.19. The highest BCUT2D eigenvalue weighted by atomic mass is 19.1. The first-order chi connectivity index (χ1) is 13.0. The van der Waals surface area contributed by atoms with Crippen molar-refractivity contribution in [1.29, 1.82) is 0 Å². The quantitative estimate of drug-likeness (QED) is 0.801. The summed E-state index contributed by atoms with van der Waals surface area (Å²) in [5, 5.41) is 2.92. The largest absolute Gasteiger partial charge is 0.378 e. The second-order valence-electron chi connectivity index (χ2n) is 6.39. The van der Waals surface area contributed by atoms with Gasteiger partial charge in [0, 0.05) is 32.0 Å². The molecule has 1 saturated heterocycles. The van der Waals surface area contributed by atoms with E-state index in [1.165, 1.54) is 18.2 Å². The number of anilines is 1. The van der Waals surface area contributed by atoms with Crippen LogP contribution in [0.5, 0.6) is 0 Å². The normalized spacial score (nSPS) is 15.4. The zero-order chi connectivity index (χ0) is 19.2. The number of carbonyl (C=O) groups is 1. The van der Waals surface area contributed by atoms with Gasteiger partial charge in [0.2, 0.25) is 11.9 Å². The number of ether oxygens (including phenoxy) is 1. The van der Waals surface area contributed by atoms with Crippen LogP contribution in [0.25, 0.3) is 0 Å². The van der Waals surface area contributed by atoms with Crippen molar-refractivity contribution in [2.45, 2.75) is 25.8 Å². The van der Waals surface area contributed by atoms with Crippen molar-refractivity contribution in [1.82, 2.24) is 15.3 Å². The van der Waals surface area contributed by atoms with Gasteiger partial charge in [0.05, 0.1) is 24.9 Å². The maximum Gasteiger partial charge on any atom is 0.252 e. The molecule has 7 nitrogen and oxygen atoms in total. The lowest BCUT2D eigenvalue weighted by atomic mass is 10.0. The maximum atomic E-state index is 13.3. The van der Waals surface area contributed by atoms with Crippen LogP contribution in [0, 0.1) is 5.82 Å². The van der Waals surface area contributed by atoms with Crippen molar-refractivity contribution in [2.24, 2.45) is 0 Å². The third-order valence-corrected chi connectivity index (χ3v) is 4.43. The average molecular weight is 374 g/mol. The smallest absolute Gasteiger partial charge is 0.252 e. The Kier molecular flexibility index (Phi) is 6.18. The molecule has 0 radical (unpaired) electrons. The molecule has 8 heteroatoms. The molecule has 0 aliphatic carbocycles. The van der Waals surface area contributed by atoms with Gasteiger partial charge in [-0.25, -0.2) is 9.37 Å². The first kappa shape index (κ1) is 19.0. The van der Waals surface area contributed by atoms with Crippen molar-refractivity contribution in [2.75, 3.05) is 31.2 Å². The summed E-state index contributed by atoms with van der Waals surface area (Å²) in [6.07, 6.45) is 0.665. The number of hydrogen-bond acceptors (Lipinski definition) is 5. The monoisotopic (exact) mass is 374 g/mol. The van der Waals surface area contributed by atoms with Crippen LogP contribution in [-0.4, -0.2) is 42.2 Å². The Labute approximate surface area is 156 Å². The minimum atomic E-state index is -0.398. The number of nitrogens with zero attached hydrogens (tertiary/aromatic N) is 2. The molecule has 1 aliphatic heterocycles. The van der Waals surface area contributed by atoms with Gasteiger partial charge in [0.25, 0.3) is 5.56 Å². The second-order valence-corrected chi connectivity index (χ2v) is 6.39. The topological polar surface area (TPSA) is 87.3 Å². The summed E-state index contributed by atoms with van der Waals surface area (Å²) in [6, 6.07) is 7.00. The predicted octanol–water partition coefficient (Wildman–Crippen LogP) is 1.56. The van der Waals surface area contributed by atoms with Gasteiger partial charge in [-0.1, -0.05) is 19.1 Å². The summed E-state index contributed by atoms with van der Waals surface area (Å²) >= 11 is 0. The van der Waals surface area contributed by atoms with Gasteiger partial charge in [0.1, 0.15) is 5.82 Å². The van der Waals surface area contributed by atoms with Crippen molar-refractivity contribution in [3.8, 4) is 0 Å². The molecular formula is C19H23FN4O3. The molecule has 0 saturated carbocycles. The number of benzene rings is 1. The van der Waals surface area contributed by atoms with E-state index in [0.717, 1.165) is 5.56 Å². The van der Waals surface area contributed by atoms with E-state index in [4.69, 9.17) is 4.74 Å². The van der Waals surface area contributed by atoms with Crippen molar-refractivity contribution >= 4 is 11.9 Å². The molecule has 1 fully saturated rings. The Balaban J connectivity index is 1.86. The molecule has 0 bridgehead atoms. The number of carbonyl (C=O) groups excluding carboxylic acids is 1.